The summed E-state index contributed by atoms with van der Waals surface area (Å²) in [6, 6.07) is 17.6. The first-order valence-corrected chi connectivity index (χ1v) is 7.56. The standard InChI is InChI=1S/C20H16FNO2/c1-14(23)17-9-18(11-19(21)10-17)16-7-8-20(22-12-16)24-13-15-5-3-2-4-6-15/h2-12H,13H2,1H3. The Morgan fingerprint density at radius 3 is 2.50 bits per heavy atom. The highest BCUT2D eigenvalue weighted by Gasteiger charge is 2.07. The smallest absolute Gasteiger partial charge is 0.213 e. The van der Waals surface area contributed by atoms with Crippen LogP contribution in [-0.4, -0.2) is 10.8 Å². The van der Waals surface area contributed by atoms with Crippen molar-refractivity contribution in [2.45, 2.75) is 13.5 Å². The van der Waals surface area contributed by atoms with Crippen LogP contribution in [0, 0.1) is 5.82 Å². The Balaban J connectivity index is 1.76. The molecule has 1 aromatic heterocycles. The molecule has 0 aliphatic rings. The molecule has 0 unspecified atom stereocenters. The fraction of sp³-hybridized carbons (Fsp3) is 0.100. The molecule has 0 N–H and O–H groups in total. The molecule has 2 aromatic carbocycles. The molecule has 1 heterocycles. The third kappa shape index (κ3) is 3.84. The van der Waals surface area contributed by atoms with Crippen LogP contribution in [0.5, 0.6) is 5.88 Å². The number of carbonyl (C=O) groups excluding carboxylic acids is 1. The van der Waals surface area contributed by atoms with Crippen LogP contribution < -0.4 is 4.74 Å². The van der Waals surface area contributed by atoms with Gasteiger partial charge in [0.15, 0.2) is 5.78 Å². The zero-order valence-corrected chi connectivity index (χ0v) is 13.2. The van der Waals surface area contributed by atoms with Crippen molar-refractivity contribution in [2.24, 2.45) is 0 Å². The zero-order valence-electron chi connectivity index (χ0n) is 13.2. The number of hydrogen-bond donors (Lipinski definition) is 0. The first kappa shape index (κ1) is 15.9. The minimum absolute atomic E-state index is 0.175. The first-order chi connectivity index (χ1) is 11.6. The molecule has 3 rings (SSSR count). The zero-order chi connectivity index (χ0) is 16.9. The van der Waals surface area contributed by atoms with E-state index in [0.717, 1.165) is 11.1 Å². The molecule has 0 spiro atoms. The van der Waals surface area contributed by atoms with E-state index in [-0.39, 0.29) is 5.78 Å². The molecule has 0 radical (unpaired) electrons. The van der Waals surface area contributed by atoms with Gasteiger partial charge in [0.1, 0.15) is 12.4 Å². The van der Waals surface area contributed by atoms with Gasteiger partial charge in [-0.1, -0.05) is 30.3 Å². The third-order valence-electron chi connectivity index (χ3n) is 3.60. The lowest BCUT2D eigenvalue weighted by molar-refractivity contribution is 0.101. The number of aromatic nitrogens is 1. The van der Waals surface area contributed by atoms with E-state index >= 15 is 0 Å². The Kier molecular flexibility index (Phi) is 4.66. The maximum atomic E-state index is 13.7. The molecule has 0 aliphatic carbocycles. The van der Waals surface area contributed by atoms with Crippen LogP contribution >= 0.6 is 0 Å². The summed E-state index contributed by atoms with van der Waals surface area (Å²) in [5.41, 5.74) is 2.74. The molecule has 3 nitrogen and oxygen atoms in total. The molecule has 0 amide bonds. The average molecular weight is 321 g/mol. The van der Waals surface area contributed by atoms with Gasteiger partial charge >= 0.3 is 0 Å². The lowest BCUT2D eigenvalue weighted by Crippen LogP contribution is -1.97. The van der Waals surface area contributed by atoms with Gasteiger partial charge in [0.25, 0.3) is 0 Å². The summed E-state index contributed by atoms with van der Waals surface area (Å²) in [5.74, 6) is -0.126. The number of Topliss-reactive ketones (excluding diaryl/α,β-unsaturated/α-hetero) is 1. The lowest BCUT2D eigenvalue weighted by Gasteiger charge is -2.07. The quantitative estimate of drug-likeness (QED) is 0.641. The van der Waals surface area contributed by atoms with E-state index < -0.39 is 5.82 Å². The molecule has 0 aliphatic heterocycles. The van der Waals surface area contributed by atoms with Gasteiger partial charge in [-0.05, 0) is 42.3 Å². The molecule has 0 bridgehead atoms. The minimum atomic E-state index is -0.442. The van der Waals surface area contributed by atoms with Crippen LogP contribution in [0.4, 0.5) is 4.39 Å². The summed E-state index contributed by atoms with van der Waals surface area (Å²) in [5, 5.41) is 0. The number of halogens is 1. The highest BCUT2D eigenvalue weighted by atomic mass is 19.1. The van der Waals surface area contributed by atoms with Crippen molar-refractivity contribution < 1.29 is 13.9 Å². The normalized spacial score (nSPS) is 10.4. The molecule has 24 heavy (non-hydrogen) atoms. The number of rotatable bonds is 5. The summed E-state index contributed by atoms with van der Waals surface area (Å²) in [4.78, 5) is 15.7. The van der Waals surface area contributed by atoms with E-state index in [1.165, 1.54) is 19.1 Å². The average Bonchev–Trinajstić information content (AvgIpc) is 2.61. The number of ether oxygens (including phenoxy) is 1. The number of nitrogens with zero attached hydrogens (tertiary/aromatic N) is 1. The first-order valence-electron chi connectivity index (χ1n) is 7.56. The monoisotopic (exact) mass is 321 g/mol. The van der Waals surface area contributed by atoms with Crippen molar-refractivity contribution in [3.63, 3.8) is 0 Å². The van der Waals surface area contributed by atoms with Crippen molar-refractivity contribution in [1.82, 2.24) is 4.98 Å². The van der Waals surface area contributed by atoms with Gasteiger partial charge in [0.05, 0.1) is 0 Å². The van der Waals surface area contributed by atoms with Gasteiger partial charge < -0.3 is 4.74 Å². The number of pyridine rings is 1. The molecule has 0 saturated carbocycles. The number of carbonyl (C=O) groups is 1. The van der Waals surface area contributed by atoms with E-state index in [9.17, 15) is 9.18 Å². The van der Waals surface area contributed by atoms with Crippen molar-refractivity contribution in [1.29, 1.82) is 0 Å². The highest BCUT2D eigenvalue weighted by molar-refractivity contribution is 5.95. The van der Waals surface area contributed by atoms with E-state index in [1.54, 1.807) is 24.4 Å². The Hall–Kier alpha value is -3.01. The summed E-state index contributed by atoms with van der Waals surface area (Å²) < 4.78 is 19.3. The van der Waals surface area contributed by atoms with E-state index in [4.69, 9.17) is 4.74 Å². The second-order valence-corrected chi connectivity index (χ2v) is 5.44. The maximum absolute atomic E-state index is 13.7. The Morgan fingerprint density at radius 1 is 1.04 bits per heavy atom. The fourth-order valence-electron chi connectivity index (χ4n) is 2.33. The van der Waals surface area contributed by atoms with Crippen LogP contribution in [0.3, 0.4) is 0 Å². The third-order valence-corrected chi connectivity index (χ3v) is 3.60. The number of ketones is 1. The van der Waals surface area contributed by atoms with Gasteiger partial charge in [-0.15, -0.1) is 0 Å². The van der Waals surface area contributed by atoms with Gasteiger partial charge in [-0.2, -0.15) is 0 Å². The predicted molar refractivity (Wildman–Crippen MR) is 90.4 cm³/mol. The fourth-order valence-corrected chi connectivity index (χ4v) is 2.33. The molecular weight excluding hydrogens is 305 g/mol. The minimum Gasteiger partial charge on any atom is -0.473 e. The SMILES string of the molecule is CC(=O)c1cc(F)cc(-c2ccc(OCc3ccccc3)nc2)c1. The summed E-state index contributed by atoms with van der Waals surface area (Å²) in [7, 11) is 0. The molecule has 0 atom stereocenters. The second-order valence-electron chi connectivity index (χ2n) is 5.44. The second kappa shape index (κ2) is 7.04. The molecule has 4 heteroatoms. The molecule has 120 valence electrons. The van der Waals surface area contributed by atoms with Gasteiger partial charge in [0.2, 0.25) is 5.88 Å². The van der Waals surface area contributed by atoms with Gasteiger partial charge in [0, 0.05) is 23.4 Å². The van der Waals surface area contributed by atoms with Crippen LogP contribution in [-0.2, 0) is 6.61 Å². The lowest BCUT2D eigenvalue weighted by atomic mass is 10.0. The topological polar surface area (TPSA) is 39.2 Å². The van der Waals surface area contributed by atoms with Crippen molar-refractivity contribution in [3.8, 4) is 17.0 Å². The molecule has 0 fully saturated rings. The van der Waals surface area contributed by atoms with Crippen LogP contribution in [0.15, 0.2) is 66.9 Å². The van der Waals surface area contributed by atoms with E-state index in [0.29, 0.717) is 23.6 Å². The van der Waals surface area contributed by atoms with E-state index in [1.807, 2.05) is 30.3 Å². The van der Waals surface area contributed by atoms with Gasteiger partial charge in [-0.3, -0.25) is 4.79 Å². The van der Waals surface area contributed by atoms with Crippen LogP contribution in [0.25, 0.3) is 11.1 Å². The maximum Gasteiger partial charge on any atom is 0.213 e. The number of hydrogen-bond acceptors (Lipinski definition) is 3. The van der Waals surface area contributed by atoms with Gasteiger partial charge in [-0.25, -0.2) is 9.37 Å². The Morgan fingerprint density at radius 2 is 1.83 bits per heavy atom. The largest absolute Gasteiger partial charge is 0.473 e. The van der Waals surface area contributed by atoms with E-state index in [2.05, 4.69) is 4.98 Å². The van der Waals surface area contributed by atoms with Crippen molar-refractivity contribution >= 4 is 5.78 Å². The Labute approximate surface area is 139 Å². The summed E-state index contributed by atoms with van der Waals surface area (Å²) in [6.07, 6.45) is 1.61. The summed E-state index contributed by atoms with van der Waals surface area (Å²) in [6.45, 7) is 1.85. The molecule has 3 aromatic rings. The molecular formula is C20H16FNO2. The van der Waals surface area contributed by atoms with Crippen molar-refractivity contribution in [2.75, 3.05) is 0 Å². The predicted octanol–water partition coefficient (Wildman–Crippen LogP) is 4.67. The number of benzene rings is 2. The molecule has 0 saturated heterocycles. The van der Waals surface area contributed by atoms with Crippen molar-refractivity contribution in [3.05, 3.63) is 83.8 Å². The summed E-state index contributed by atoms with van der Waals surface area (Å²) >= 11 is 0. The highest BCUT2D eigenvalue weighted by Crippen LogP contribution is 2.23. The van der Waals surface area contributed by atoms with Crippen LogP contribution in [0.2, 0.25) is 0 Å². The Bertz CT molecular complexity index is 845. The van der Waals surface area contributed by atoms with Crippen LogP contribution in [0.1, 0.15) is 22.8 Å².